The summed E-state index contributed by atoms with van der Waals surface area (Å²) in [6, 6.07) is 0.542. The Balaban J connectivity index is 2.42. The summed E-state index contributed by atoms with van der Waals surface area (Å²) in [6.07, 6.45) is 7.15. The van der Waals surface area contributed by atoms with Crippen molar-refractivity contribution in [2.24, 2.45) is 5.73 Å². The van der Waals surface area contributed by atoms with Gasteiger partial charge in [0.2, 0.25) is 0 Å². The molecule has 14 heavy (non-hydrogen) atoms. The van der Waals surface area contributed by atoms with Crippen LogP contribution in [0.2, 0.25) is 0 Å². The van der Waals surface area contributed by atoms with Crippen LogP contribution in [-0.2, 0) is 4.74 Å². The van der Waals surface area contributed by atoms with Crippen molar-refractivity contribution in [3.8, 4) is 0 Å². The summed E-state index contributed by atoms with van der Waals surface area (Å²) >= 11 is 0. The zero-order chi connectivity index (χ0) is 10.4. The Hall–Kier alpha value is -1.03. The molecule has 0 aromatic rings. The molecule has 0 aliphatic heterocycles. The molecule has 1 aliphatic rings. The van der Waals surface area contributed by atoms with Crippen molar-refractivity contribution in [2.75, 3.05) is 7.05 Å². The zero-order valence-corrected chi connectivity index (χ0v) is 8.53. The van der Waals surface area contributed by atoms with Gasteiger partial charge in [-0.3, -0.25) is 0 Å². The van der Waals surface area contributed by atoms with Crippen molar-refractivity contribution in [1.82, 2.24) is 5.32 Å². The average molecular weight is 198 g/mol. The Kier molecular flexibility index (Phi) is 4.46. The molecule has 0 heterocycles. The highest BCUT2D eigenvalue weighted by Crippen LogP contribution is 2.14. The van der Waals surface area contributed by atoms with Gasteiger partial charge in [-0.25, -0.2) is 4.79 Å². The van der Waals surface area contributed by atoms with E-state index in [1.54, 1.807) is 0 Å². The van der Waals surface area contributed by atoms with Crippen LogP contribution >= 0.6 is 0 Å². The summed E-state index contributed by atoms with van der Waals surface area (Å²) in [6.45, 7) is 0. The molecule has 0 saturated heterocycles. The second kappa shape index (κ2) is 5.65. The maximum absolute atomic E-state index is 10.5. The van der Waals surface area contributed by atoms with Gasteiger partial charge in [0.05, 0.1) is 0 Å². The monoisotopic (exact) mass is 198 g/mol. The Morgan fingerprint density at radius 3 is 3.00 bits per heavy atom. The summed E-state index contributed by atoms with van der Waals surface area (Å²) in [5.41, 5.74) is 4.96. The summed E-state index contributed by atoms with van der Waals surface area (Å²) in [7, 11) is 1.97. The summed E-state index contributed by atoms with van der Waals surface area (Å²) in [5, 5.41) is 3.24. The first-order valence-corrected chi connectivity index (χ1v) is 5.02. The molecule has 0 bridgehead atoms. The van der Waals surface area contributed by atoms with Gasteiger partial charge < -0.3 is 15.8 Å². The fraction of sp³-hybridized carbons (Fsp3) is 0.700. The number of ether oxygens (including phenoxy) is 1. The van der Waals surface area contributed by atoms with E-state index in [0.29, 0.717) is 6.04 Å². The lowest BCUT2D eigenvalue weighted by Gasteiger charge is -2.19. The number of hydrogen-bond donors (Lipinski definition) is 2. The number of carbonyl (C=O) groups excluding carboxylic acids is 1. The van der Waals surface area contributed by atoms with Crippen molar-refractivity contribution >= 4 is 6.09 Å². The number of primary amides is 1. The maximum Gasteiger partial charge on any atom is 0.405 e. The van der Waals surface area contributed by atoms with Crippen molar-refractivity contribution in [3.05, 3.63) is 12.2 Å². The molecular weight excluding hydrogens is 180 g/mol. The van der Waals surface area contributed by atoms with Crippen LogP contribution in [0.15, 0.2) is 12.2 Å². The van der Waals surface area contributed by atoms with Gasteiger partial charge in [-0.15, -0.1) is 0 Å². The largest absolute Gasteiger partial charge is 0.442 e. The molecule has 1 rings (SSSR count). The molecule has 4 nitrogen and oxygen atoms in total. The highest BCUT2D eigenvalue weighted by atomic mass is 16.6. The molecule has 0 radical (unpaired) electrons. The van der Waals surface area contributed by atoms with Crippen LogP contribution < -0.4 is 11.1 Å². The van der Waals surface area contributed by atoms with Crippen LogP contribution in [0, 0.1) is 0 Å². The van der Waals surface area contributed by atoms with E-state index in [9.17, 15) is 4.79 Å². The van der Waals surface area contributed by atoms with Gasteiger partial charge in [0.25, 0.3) is 0 Å². The molecule has 0 saturated carbocycles. The SMILES string of the molecule is CNC1C/C=C/C(OC(N)=O)CCC1. The number of rotatable bonds is 2. The van der Waals surface area contributed by atoms with Crippen LogP contribution in [0.4, 0.5) is 4.79 Å². The van der Waals surface area contributed by atoms with E-state index in [1.165, 1.54) is 0 Å². The smallest absolute Gasteiger partial charge is 0.405 e. The number of carbonyl (C=O) groups is 1. The van der Waals surface area contributed by atoms with Gasteiger partial charge in [0.1, 0.15) is 6.10 Å². The van der Waals surface area contributed by atoms with Gasteiger partial charge in [0.15, 0.2) is 0 Å². The maximum atomic E-state index is 10.5. The number of nitrogens with two attached hydrogens (primary N) is 1. The second-order valence-corrected chi connectivity index (χ2v) is 3.56. The molecule has 0 fully saturated rings. The molecule has 2 atom stereocenters. The summed E-state index contributed by atoms with van der Waals surface area (Å²) in [4.78, 5) is 10.5. The molecule has 4 heteroatoms. The van der Waals surface area contributed by atoms with E-state index in [-0.39, 0.29) is 6.10 Å². The molecular formula is C10H18N2O2. The van der Waals surface area contributed by atoms with Crippen LogP contribution in [0.25, 0.3) is 0 Å². The van der Waals surface area contributed by atoms with Crippen molar-refractivity contribution in [2.45, 2.75) is 37.8 Å². The summed E-state index contributed by atoms with van der Waals surface area (Å²) in [5.74, 6) is 0. The highest BCUT2D eigenvalue weighted by molar-refractivity contribution is 5.65. The highest BCUT2D eigenvalue weighted by Gasteiger charge is 2.13. The van der Waals surface area contributed by atoms with Crippen molar-refractivity contribution < 1.29 is 9.53 Å². The third-order valence-corrected chi connectivity index (χ3v) is 2.49. The lowest BCUT2D eigenvalue weighted by molar-refractivity contribution is 0.122. The standard InChI is InChI=1S/C10H18N2O2/c1-12-8-4-2-6-9(7-3-5-8)14-10(11)13/h2,6,8-9,12H,3-5,7H2,1H3,(H2,11,13)/b6-2+. The Morgan fingerprint density at radius 1 is 1.57 bits per heavy atom. The van der Waals surface area contributed by atoms with Gasteiger partial charge >= 0.3 is 6.09 Å². The van der Waals surface area contributed by atoms with Crippen molar-refractivity contribution in [3.63, 3.8) is 0 Å². The molecule has 0 aromatic carbocycles. The zero-order valence-electron chi connectivity index (χ0n) is 8.53. The first kappa shape index (κ1) is 11.0. The lowest BCUT2D eigenvalue weighted by Crippen LogP contribution is -2.27. The predicted molar refractivity (Wildman–Crippen MR) is 54.9 cm³/mol. The van der Waals surface area contributed by atoms with Crippen LogP contribution in [0.5, 0.6) is 0 Å². The molecule has 0 aromatic heterocycles. The van der Waals surface area contributed by atoms with Gasteiger partial charge in [-0.2, -0.15) is 0 Å². The Labute approximate surface area is 84.5 Å². The minimum absolute atomic E-state index is 0.134. The van der Waals surface area contributed by atoms with Crippen LogP contribution in [0.1, 0.15) is 25.7 Å². The number of hydrogen-bond acceptors (Lipinski definition) is 3. The quantitative estimate of drug-likeness (QED) is 0.655. The van der Waals surface area contributed by atoms with Gasteiger partial charge in [-0.05, 0) is 38.8 Å². The van der Waals surface area contributed by atoms with Crippen molar-refractivity contribution in [1.29, 1.82) is 0 Å². The minimum atomic E-state index is -0.689. The third-order valence-electron chi connectivity index (χ3n) is 2.49. The minimum Gasteiger partial charge on any atom is -0.442 e. The van der Waals surface area contributed by atoms with Crippen LogP contribution in [0.3, 0.4) is 0 Å². The molecule has 2 unspecified atom stereocenters. The Bertz CT molecular complexity index is 216. The third kappa shape index (κ3) is 3.79. The van der Waals surface area contributed by atoms with E-state index >= 15 is 0 Å². The van der Waals surface area contributed by atoms with E-state index in [2.05, 4.69) is 5.32 Å². The first-order valence-electron chi connectivity index (χ1n) is 5.02. The number of amides is 1. The molecule has 1 aliphatic carbocycles. The van der Waals surface area contributed by atoms with E-state index in [0.717, 1.165) is 25.7 Å². The fourth-order valence-electron chi connectivity index (χ4n) is 1.68. The Morgan fingerprint density at radius 2 is 2.36 bits per heavy atom. The van der Waals surface area contributed by atoms with Crippen LogP contribution in [-0.4, -0.2) is 25.3 Å². The van der Waals surface area contributed by atoms with Gasteiger partial charge in [0, 0.05) is 6.04 Å². The average Bonchev–Trinajstić information content (AvgIpc) is 2.08. The van der Waals surface area contributed by atoms with E-state index in [4.69, 9.17) is 10.5 Å². The molecule has 80 valence electrons. The molecule has 0 spiro atoms. The molecule has 1 amide bonds. The lowest BCUT2D eigenvalue weighted by atomic mass is 10.0. The van der Waals surface area contributed by atoms with E-state index < -0.39 is 6.09 Å². The normalized spacial score (nSPS) is 30.1. The van der Waals surface area contributed by atoms with Gasteiger partial charge in [-0.1, -0.05) is 6.08 Å². The second-order valence-electron chi connectivity index (χ2n) is 3.56. The van der Waals surface area contributed by atoms with E-state index in [1.807, 2.05) is 19.2 Å². The number of nitrogens with one attached hydrogen (secondary N) is 1. The first-order chi connectivity index (χ1) is 6.72. The fourth-order valence-corrected chi connectivity index (χ4v) is 1.68. The molecule has 3 N–H and O–H groups in total. The predicted octanol–water partition coefficient (Wildman–Crippen LogP) is 1.17. The summed E-state index contributed by atoms with van der Waals surface area (Å²) < 4.78 is 4.93. The topological polar surface area (TPSA) is 64.3 Å².